The van der Waals surface area contributed by atoms with Crippen molar-refractivity contribution in [3.8, 4) is 0 Å². The Kier molecular flexibility index (Phi) is 4.68. The molecule has 0 saturated heterocycles. The number of sulfone groups is 1. The highest BCUT2D eigenvalue weighted by Crippen LogP contribution is 2.23. The van der Waals surface area contributed by atoms with E-state index in [1.807, 2.05) is 30.3 Å². The van der Waals surface area contributed by atoms with Crippen LogP contribution in [-0.4, -0.2) is 24.9 Å². The molecule has 0 aliphatic heterocycles. The minimum absolute atomic E-state index is 0.0681. The Labute approximate surface area is 102 Å². The zero-order chi connectivity index (χ0) is 12.9. The molecule has 4 nitrogen and oxygen atoms in total. The largest absolute Gasteiger partial charge is 0.353 e. The average Bonchev–Trinajstić information content (AvgIpc) is 2.27. The van der Waals surface area contributed by atoms with Gasteiger partial charge in [-0.3, -0.25) is 0 Å². The molecule has 0 radical (unpaired) electrons. The van der Waals surface area contributed by atoms with Gasteiger partial charge in [-0.2, -0.15) is 0 Å². The normalized spacial score (nSPS) is 15.5. The summed E-state index contributed by atoms with van der Waals surface area (Å²) in [4.78, 5) is 0. The second-order valence-electron chi connectivity index (χ2n) is 4.01. The summed E-state index contributed by atoms with van der Waals surface area (Å²) >= 11 is 0. The maximum atomic E-state index is 11.5. The van der Waals surface area contributed by atoms with E-state index in [1.54, 1.807) is 6.92 Å². The average molecular weight is 258 g/mol. The molecule has 17 heavy (non-hydrogen) atoms. The van der Waals surface area contributed by atoms with Crippen LogP contribution in [0.15, 0.2) is 30.3 Å². The molecule has 5 heteroatoms. The summed E-state index contributed by atoms with van der Waals surface area (Å²) in [7, 11) is -3.66. The number of hydrogen-bond donors (Lipinski definition) is 1. The standard InChI is InChI=1S/C12H18O4S/c1-3-9-12(13,17(2,14)15)16-10-11-7-5-4-6-8-11/h4-8,13H,3,9-10H2,1-2H3. The van der Waals surface area contributed by atoms with Crippen LogP contribution < -0.4 is 0 Å². The molecule has 0 aliphatic rings. The Morgan fingerprint density at radius 2 is 1.88 bits per heavy atom. The van der Waals surface area contributed by atoms with Crippen molar-refractivity contribution in [2.45, 2.75) is 31.5 Å². The molecule has 0 spiro atoms. The molecule has 1 aromatic rings. The molecule has 0 amide bonds. The first-order valence-electron chi connectivity index (χ1n) is 5.49. The van der Waals surface area contributed by atoms with Gasteiger partial charge in [0.05, 0.1) is 6.61 Å². The van der Waals surface area contributed by atoms with Gasteiger partial charge in [0.25, 0.3) is 5.12 Å². The number of aliphatic hydroxyl groups is 1. The first-order valence-corrected chi connectivity index (χ1v) is 7.38. The van der Waals surface area contributed by atoms with Gasteiger partial charge in [0.2, 0.25) is 9.84 Å². The van der Waals surface area contributed by atoms with E-state index in [-0.39, 0.29) is 13.0 Å². The van der Waals surface area contributed by atoms with Gasteiger partial charge in [-0.15, -0.1) is 0 Å². The van der Waals surface area contributed by atoms with Gasteiger partial charge in [0.15, 0.2) is 0 Å². The van der Waals surface area contributed by atoms with E-state index in [9.17, 15) is 13.5 Å². The fraction of sp³-hybridized carbons (Fsp3) is 0.500. The smallest absolute Gasteiger partial charge is 0.271 e. The molecule has 1 rings (SSSR count). The van der Waals surface area contributed by atoms with Crippen LogP contribution in [0.2, 0.25) is 0 Å². The van der Waals surface area contributed by atoms with Crippen molar-refractivity contribution in [3.05, 3.63) is 35.9 Å². The number of rotatable bonds is 6. The fourth-order valence-electron chi connectivity index (χ4n) is 1.45. The van der Waals surface area contributed by atoms with Crippen LogP contribution in [0.5, 0.6) is 0 Å². The molecule has 1 N–H and O–H groups in total. The van der Waals surface area contributed by atoms with Crippen molar-refractivity contribution in [1.82, 2.24) is 0 Å². The lowest BCUT2D eigenvalue weighted by Gasteiger charge is -2.25. The fourth-order valence-corrected chi connectivity index (χ4v) is 2.30. The summed E-state index contributed by atoms with van der Waals surface area (Å²) in [5, 5.41) is 7.91. The second kappa shape index (κ2) is 5.62. The summed E-state index contributed by atoms with van der Waals surface area (Å²) in [6, 6.07) is 9.15. The molecule has 96 valence electrons. The molecule has 1 aromatic carbocycles. The van der Waals surface area contributed by atoms with Crippen LogP contribution in [0, 0.1) is 0 Å². The lowest BCUT2D eigenvalue weighted by atomic mass is 10.2. The van der Waals surface area contributed by atoms with Crippen molar-refractivity contribution in [2.24, 2.45) is 0 Å². The summed E-state index contributed by atoms with van der Waals surface area (Å²) in [5.41, 5.74) is 0.825. The Morgan fingerprint density at radius 1 is 1.29 bits per heavy atom. The topological polar surface area (TPSA) is 63.6 Å². The van der Waals surface area contributed by atoms with Crippen molar-refractivity contribution in [2.75, 3.05) is 6.26 Å². The molecule has 0 aliphatic carbocycles. The van der Waals surface area contributed by atoms with Crippen LogP contribution in [0.4, 0.5) is 0 Å². The minimum Gasteiger partial charge on any atom is -0.353 e. The van der Waals surface area contributed by atoms with E-state index in [1.165, 1.54) is 0 Å². The van der Waals surface area contributed by atoms with Gasteiger partial charge < -0.3 is 9.84 Å². The zero-order valence-corrected chi connectivity index (χ0v) is 10.9. The number of ether oxygens (including phenoxy) is 1. The number of hydrogen-bond acceptors (Lipinski definition) is 4. The van der Waals surface area contributed by atoms with E-state index in [0.29, 0.717) is 6.42 Å². The van der Waals surface area contributed by atoms with Gasteiger partial charge in [0, 0.05) is 12.7 Å². The van der Waals surface area contributed by atoms with Crippen molar-refractivity contribution >= 4 is 9.84 Å². The molecule has 0 saturated carbocycles. The molecular formula is C12H18O4S. The molecule has 0 bridgehead atoms. The molecule has 0 aromatic heterocycles. The molecule has 1 unspecified atom stereocenters. The Bertz CT molecular complexity index is 441. The Morgan fingerprint density at radius 3 is 2.35 bits per heavy atom. The zero-order valence-electron chi connectivity index (χ0n) is 10.1. The van der Waals surface area contributed by atoms with Crippen LogP contribution >= 0.6 is 0 Å². The second-order valence-corrected chi connectivity index (χ2v) is 6.19. The van der Waals surface area contributed by atoms with E-state index in [0.717, 1.165) is 11.8 Å². The lowest BCUT2D eigenvalue weighted by Crippen LogP contribution is -2.40. The van der Waals surface area contributed by atoms with Gasteiger partial charge in [-0.1, -0.05) is 37.3 Å². The monoisotopic (exact) mass is 258 g/mol. The molecule has 0 heterocycles. The number of benzene rings is 1. The summed E-state index contributed by atoms with van der Waals surface area (Å²) in [5.74, 6) is 0. The van der Waals surface area contributed by atoms with Crippen molar-refractivity contribution < 1.29 is 18.3 Å². The Hall–Kier alpha value is -0.910. The maximum absolute atomic E-state index is 11.5. The highest BCUT2D eigenvalue weighted by molar-refractivity contribution is 7.91. The summed E-state index contributed by atoms with van der Waals surface area (Å²) in [6.45, 7) is 1.87. The summed E-state index contributed by atoms with van der Waals surface area (Å²) in [6.07, 6.45) is 1.57. The van der Waals surface area contributed by atoms with Crippen molar-refractivity contribution in [1.29, 1.82) is 0 Å². The summed E-state index contributed by atoms with van der Waals surface area (Å²) < 4.78 is 28.2. The quantitative estimate of drug-likeness (QED) is 0.789. The third-order valence-electron chi connectivity index (χ3n) is 2.45. The Balaban J connectivity index is 2.76. The first-order chi connectivity index (χ1) is 7.89. The van der Waals surface area contributed by atoms with Crippen LogP contribution in [0.3, 0.4) is 0 Å². The van der Waals surface area contributed by atoms with E-state index in [2.05, 4.69) is 0 Å². The van der Waals surface area contributed by atoms with Crippen LogP contribution in [0.1, 0.15) is 25.3 Å². The third-order valence-corrected chi connectivity index (χ3v) is 3.93. The van der Waals surface area contributed by atoms with Crippen LogP contribution in [0.25, 0.3) is 0 Å². The highest BCUT2D eigenvalue weighted by atomic mass is 32.2. The van der Waals surface area contributed by atoms with E-state index >= 15 is 0 Å². The predicted molar refractivity (Wildman–Crippen MR) is 65.9 cm³/mol. The van der Waals surface area contributed by atoms with E-state index < -0.39 is 15.0 Å². The van der Waals surface area contributed by atoms with Gasteiger partial charge in [-0.25, -0.2) is 8.42 Å². The minimum atomic E-state index is -3.66. The van der Waals surface area contributed by atoms with Crippen LogP contribution in [-0.2, 0) is 21.2 Å². The van der Waals surface area contributed by atoms with Gasteiger partial charge in [0.1, 0.15) is 0 Å². The highest BCUT2D eigenvalue weighted by Gasteiger charge is 2.38. The lowest BCUT2D eigenvalue weighted by molar-refractivity contribution is -0.150. The van der Waals surface area contributed by atoms with Gasteiger partial charge >= 0.3 is 0 Å². The maximum Gasteiger partial charge on any atom is 0.271 e. The molecule has 0 fully saturated rings. The van der Waals surface area contributed by atoms with E-state index in [4.69, 9.17) is 4.74 Å². The third kappa shape index (κ3) is 3.80. The van der Waals surface area contributed by atoms with Crippen molar-refractivity contribution in [3.63, 3.8) is 0 Å². The predicted octanol–water partition coefficient (Wildman–Crippen LogP) is 1.69. The first kappa shape index (κ1) is 14.2. The SMILES string of the molecule is CCCC(O)(OCc1ccccc1)S(C)(=O)=O. The van der Waals surface area contributed by atoms with Gasteiger partial charge in [-0.05, 0) is 12.0 Å². The molecular weight excluding hydrogens is 240 g/mol. The molecule has 1 atom stereocenters.